The smallest absolute Gasteiger partial charge is 0.317 e. The van der Waals surface area contributed by atoms with Gasteiger partial charge in [-0.3, -0.25) is 19.5 Å². The number of carbonyl (C=O) groups excluding carboxylic acids is 1. The molecular formula is C30H35N5O4S. The van der Waals surface area contributed by atoms with Crippen molar-refractivity contribution in [1.29, 1.82) is 0 Å². The molecule has 0 bridgehead atoms. The molecule has 0 saturated carbocycles. The summed E-state index contributed by atoms with van der Waals surface area (Å²) in [6.07, 6.45) is 2.63. The van der Waals surface area contributed by atoms with Gasteiger partial charge in [-0.15, -0.1) is 11.3 Å². The number of nitrogens with zero attached hydrogens (tertiary/aromatic N) is 4. The average Bonchev–Trinajstić information content (AvgIpc) is 3.32. The molecule has 2 saturated heterocycles. The normalized spacial score (nSPS) is 19.3. The summed E-state index contributed by atoms with van der Waals surface area (Å²) in [6, 6.07) is 12.6. The first-order chi connectivity index (χ1) is 19.3. The fraction of sp³-hybridized carbons (Fsp3) is 0.433. The monoisotopic (exact) mass is 561 g/mol. The van der Waals surface area contributed by atoms with Crippen LogP contribution in [0.3, 0.4) is 0 Å². The predicted molar refractivity (Wildman–Crippen MR) is 158 cm³/mol. The van der Waals surface area contributed by atoms with E-state index in [1.165, 1.54) is 0 Å². The molecule has 0 atom stereocenters. The van der Waals surface area contributed by atoms with Crippen molar-refractivity contribution in [1.82, 2.24) is 15.2 Å². The highest BCUT2D eigenvalue weighted by Gasteiger charge is 2.36. The molecular weight excluding hydrogens is 526 g/mol. The third kappa shape index (κ3) is 5.43. The third-order valence-corrected chi connectivity index (χ3v) is 9.14. The van der Waals surface area contributed by atoms with Gasteiger partial charge in [0.25, 0.3) is 5.91 Å². The number of hydrogen-bond acceptors (Lipinski definition) is 8. The second-order valence-electron chi connectivity index (χ2n) is 11.3. The molecule has 210 valence electrons. The molecule has 9 nitrogen and oxygen atoms in total. The van der Waals surface area contributed by atoms with Crippen LogP contribution in [0.15, 0.2) is 42.6 Å². The minimum atomic E-state index is -0.783. The molecule has 2 fully saturated rings. The molecule has 1 aromatic carbocycles. The zero-order chi connectivity index (χ0) is 27.9. The number of amides is 1. The maximum atomic E-state index is 13.1. The number of carboxylic acids is 1. The number of benzene rings is 1. The lowest BCUT2D eigenvalue weighted by Crippen LogP contribution is -2.48. The van der Waals surface area contributed by atoms with Crippen LogP contribution in [0.1, 0.15) is 29.1 Å². The molecule has 2 aromatic heterocycles. The van der Waals surface area contributed by atoms with Crippen molar-refractivity contribution in [2.45, 2.75) is 25.8 Å². The number of fused-ring (bicyclic) bond motifs is 1. The molecule has 0 spiro atoms. The van der Waals surface area contributed by atoms with E-state index in [1.807, 2.05) is 11.1 Å². The van der Waals surface area contributed by atoms with Crippen LogP contribution in [0.5, 0.6) is 0 Å². The largest absolute Gasteiger partial charge is 0.480 e. The highest BCUT2D eigenvalue weighted by Crippen LogP contribution is 2.46. The molecule has 40 heavy (non-hydrogen) atoms. The number of nitrogens with one attached hydrogen (secondary N) is 1. The van der Waals surface area contributed by atoms with E-state index in [0.29, 0.717) is 13.2 Å². The molecule has 3 aliphatic rings. The van der Waals surface area contributed by atoms with Gasteiger partial charge in [0.1, 0.15) is 5.00 Å². The van der Waals surface area contributed by atoms with Crippen molar-refractivity contribution < 1.29 is 19.4 Å². The minimum Gasteiger partial charge on any atom is -0.480 e. The number of thiophene rings is 1. The van der Waals surface area contributed by atoms with E-state index < -0.39 is 5.97 Å². The van der Waals surface area contributed by atoms with Gasteiger partial charge in [-0.1, -0.05) is 12.1 Å². The molecule has 3 aromatic rings. The summed E-state index contributed by atoms with van der Waals surface area (Å²) >= 11 is 1.59. The molecule has 0 aliphatic carbocycles. The Morgan fingerprint density at radius 3 is 2.58 bits per heavy atom. The Kier molecular flexibility index (Phi) is 7.24. The Morgan fingerprint density at radius 2 is 1.82 bits per heavy atom. The number of carboxylic acid groups (broad SMARTS) is 1. The average molecular weight is 562 g/mol. The molecule has 10 heteroatoms. The van der Waals surface area contributed by atoms with Crippen LogP contribution in [-0.2, 0) is 16.0 Å². The van der Waals surface area contributed by atoms with E-state index in [2.05, 4.69) is 65.4 Å². The third-order valence-electron chi connectivity index (χ3n) is 7.85. The molecule has 2 N–H and O–H groups in total. The molecule has 0 radical (unpaired) electrons. The first kappa shape index (κ1) is 26.7. The SMILES string of the molecule is CC1(C)Cc2c(sc(N3CCOCC3)c2-c2ccnc(-c3cccc(N4CCN(CC(=O)O)CC4)c3)c2)C(=O)N1. The fourth-order valence-corrected chi connectivity index (χ4v) is 7.19. The minimum absolute atomic E-state index is 0.00226. The lowest BCUT2D eigenvalue weighted by molar-refractivity contribution is -0.138. The first-order valence-corrected chi connectivity index (χ1v) is 14.7. The lowest BCUT2D eigenvalue weighted by Gasteiger charge is -2.35. The Hall–Kier alpha value is -3.47. The lowest BCUT2D eigenvalue weighted by atomic mass is 9.87. The van der Waals surface area contributed by atoms with Gasteiger partial charge in [0.2, 0.25) is 0 Å². The first-order valence-electron chi connectivity index (χ1n) is 13.8. The van der Waals surface area contributed by atoms with Gasteiger partial charge in [-0.05, 0) is 55.7 Å². The summed E-state index contributed by atoms with van der Waals surface area (Å²) in [7, 11) is 0. The number of aliphatic carboxylic acids is 1. The number of rotatable bonds is 6. The fourth-order valence-electron chi connectivity index (χ4n) is 5.90. The summed E-state index contributed by atoms with van der Waals surface area (Å²) in [6.45, 7) is 10.2. The number of aromatic nitrogens is 1. The zero-order valence-corrected chi connectivity index (χ0v) is 23.8. The highest BCUT2D eigenvalue weighted by atomic mass is 32.1. The maximum absolute atomic E-state index is 13.1. The second-order valence-corrected chi connectivity index (χ2v) is 12.3. The predicted octanol–water partition coefficient (Wildman–Crippen LogP) is 3.58. The summed E-state index contributed by atoms with van der Waals surface area (Å²) in [5, 5.41) is 13.4. The Bertz CT molecular complexity index is 1420. The molecule has 5 heterocycles. The Labute approximate surface area is 238 Å². The van der Waals surface area contributed by atoms with E-state index in [4.69, 9.17) is 14.8 Å². The number of morpholine rings is 1. The molecule has 6 rings (SSSR count). The topological polar surface area (TPSA) is 98.2 Å². The van der Waals surface area contributed by atoms with Crippen LogP contribution in [-0.4, -0.2) is 91.4 Å². The quantitative estimate of drug-likeness (QED) is 0.471. The van der Waals surface area contributed by atoms with E-state index in [0.717, 1.165) is 89.2 Å². The highest BCUT2D eigenvalue weighted by molar-refractivity contribution is 7.19. The van der Waals surface area contributed by atoms with Crippen LogP contribution in [0.25, 0.3) is 22.4 Å². The zero-order valence-electron chi connectivity index (χ0n) is 23.0. The standard InChI is InChI=1S/C30H35N5O4S/c1-30(2)18-23-26(29(35-12-14-39-15-13-35)40-27(23)28(38)32-30)21-6-7-31-24(17-21)20-4-3-5-22(16-20)34-10-8-33(9-11-34)19-25(36)37/h3-7,16-17H,8-15,18-19H2,1-2H3,(H,32,38)(H,36,37). The van der Waals surface area contributed by atoms with Gasteiger partial charge < -0.3 is 25.0 Å². The van der Waals surface area contributed by atoms with Crippen LogP contribution in [0.4, 0.5) is 10.7 Å². The molecule has 3 aliphatic heterocycles. The van der Waals surface area contributed by atoms with Gasteiger partial charge in [-0.25, -0.2) is 0 Å². The van der Waals surface area contributed by atoms with Gasteiger partial charge in [0.05, 0.1) is 30.3 Å². The van der Waals surface area contributed by atoms with Crippen molar-refractivity contribution in [3.05, 3.63) is 53.0 Å². The van der Waals surface area contributed by atoms with Crippen molar-refractivity contribution >= 4 is 33.9 Å². The van der Waals surface area contributed by atoms with Gasteiger partial charge in [-0.2, -0.15) is 0 Å². The summed E-state index contributed by atoms with van der Waals surface area (Å²) < 4.78 is 5.62. The van der Waals surface area contributed by atoms with E-state index in [1.54, 1.807) is 11.3 Å². The number of piperazine rings is 1. The van der Waals surface area contributed by atoms with Gasteiger partial charge in [0.15, 0.2) is 0 Å². The van der Waals surface area contributed by atoms with Gasteiger partial charge >= 0.3 is 5.97 Å². The summed E-state index contributed by atoms with van der Waals surface area (Å²) in [4.78, 5) is 36.4. The van der Waals surface area contributed by atoms with E-state index in [9.17, 15) is 9.59 Å². The summed E-state index contributed by atoms with van der Waals surface area (Å²) in [5.41, 5.74) is 6.03. The Morgan fingerprint density at radius 1 is 1.05 bits per heavy atom. The Balaban J connectivity index is 1.34. The summed E-state index contributed by atoms with van der Waals surface area (Å²) in [5.74, 6) is -0.781. The number of pyridine rings is 1. The molecule has 0 unspecified atom stereocenters. The van der Waals surface area contributed by atoms with E-state index >= 15 is 0 Å². The van der Waals surface area contributed by atoms with Crippen molar-refractivity contribution in [3.63, 3.8) is 0 Å². The van der Waals surface area contributed by atoms with Crippen LogP contribution in [0, 0.1) is 0 Å². The van der Waals surface area contributed by atoms with Crippen LogP contribution in [0.2, 0.25) is 0 Å². The second kappa shape index (κ2) is 10.8. The number of carbonyl (C=O) groups is 2. The number of hydrogen-bond donors (Lipinski definition) is 2. The van der Waals surface area contributed by atoms with Crippen molar-refractivity contribution in [2.75, 3.05) is 68.8 Å². The van der Waals surface area contributed by atoms with Crippen LogP contribution >= 0.6 is 11.3 Å². The van der Waals surface area contributed by atoms with Crippen molar-refractivity contribution in [2.24, 2.45) is 0 Å². The van der Waals surface area contributed by atoms with Gasteiger partial charge in [0, 0.05) is 67.8 Å². The van der Waals surface area contributed by atoms with Crippen molar-refractivity contribution in [3.8, 4) is 22.4 Å². The number of anilines is 2. The maximum Gasteiger partial charge on any atom is 0.317 e. The number of ether oxygens (including phenoxy) is 1. The molecule has 1 amide bonds. The van der Waals surface area contributed by atoms with E-state index in [-0.39, 0.29) is 18.0 Å². The van der Waals surface area contributed by atoms with Crippen LogP contribution < -0.4 is 15.1 Å².